The summed E-state index contributed by atoms with van der Waals surface area (Å²) < 4.78 is 11.0. The predicted octanol–water partition coefficient (Wildman–Crippen LogP) is 9.82. The lowest BCUT2D eigenvalue weighted by Gasteiger charge is -2.11. The van der Waals surface area contributed by atoms with Gasteiger partial charge in [-0.05, 0) is 186 Å². The van der Waals surface area contributed by atoms with Gasteiger partial charge in [-0.2, -0.15) is 20.4 Å². The van der Waals surface area contributed by atoms with Gasteiger partial charge in [0.1, 0.15) is 35.8 Å². The summed E-state index contributed by atoms with van der Waals surface area (Å²) >= 11 is 0. The molecule has 0 radical (unpaired) electrons. The number of aldehydes is 2. The molecule has 0 atom stereocenters. The van der Waals surface area contributed by atoms with Crippen molar-refractivity contribution in [3.05, 3.63) is 307 Å². The van der Waals surface area contributed by atoms with Crippen LogP contribution in [-0.4, -0.2) is 139 Å². The van der Waals surface area contributed by atoms with Gasteiger partial charge in [0.05, 0.1) is 69.8 Å². The summed E-state index contributed by atoms with van der Waals surface area (Å²) in [5, 5.41) is 36.6. The minimum absolute atomic E-state index is 0.131. The number of amides is 5. The molecule has 0 unspecified atom stereocenters. The molecule has 32 heteroatoms. The molecule has 5 amide bonds. The first kappa shape index (κ1) is 81.8. The first-order valence-corrected chi connectivity index (χ1v) is 38.6. The van der Waals surface area contributed by atoms with E-state index in [1.54, 1.807) is 127 Å². The van der Waals surface area contributed by atoms with Gasteiger partial charge >= 0.3 is 0 Å². The monoisotopic (exact) mass is 1620 g/mol. The van der Waals surface area contributed by atoms with Gasteiger partial charge in [0, 0.05) is 90.9 Å². The van der Waals surface area contributed by atoms with Crippen molar-refractivity contribution in [3.63, 3.8) is 0 Å². The van der Waals surface area contributed by atoms with E-state index in [0.29, 0.717) is 96.8 Å². The number of benzene rings is 8. The maximum atomic E-state index is 13.2. The average Bonchev–Trinajstić information content (AvgIpc) is 1.67. The van der Waals surface area contributed by atoms with Crippen LogP contribution in [0.15, 0.2) is 205 Å². The Balaban J connectivity index is 0.000000132. The van der Waals surface area contributed by atoms with Crippen LogP contribution >= 0.6 is 0 Å². The zero-order valence-electron chi connectivity index (χ0n) is 65.9. The van der Waals surface area contributed by atoms with Crippen LogP contribution in [0, 0.1) is 27.7 Å². The van der Waals surface area contributed by atoms with Crippen LogP contribution < -0.4 is 55.5 Å². The number of carbonyl (C=O) groups is 11. The molecule has 17 rings (SSSR count). The molecule has 4 aliphatic carbocycles. The molecule has 0 saturated heterocycles. The van der Waals surface area contributed by atoms with Crippen LogP contribution in [0.5, 0.6) is 0 Å². The fraction of sp³-hybridized carbons (Fsp3) is 0.180. The highest BCUT2D eigenvalue weighted by molar-refractivity contribution is 6.15. The fourth-order valence-electron chi connectivity index (χ4n) is 12.9. The molecule has 121 heavy (non-hydrogen) atoms. The number of rotatable bonds is 24. The standard InChI is InChI=1S/C23H20N6O3.C22H22N6O3.2C22H20N4O3/c1-13-5-6-15(22(31)27-17-7-8-17)10-19(13)29-21(24)18(11-26-29)20(30)14-3-2-4-16(9-14)23-28-25-12-32-23;1-12-5-6-15(21(30)26-16-7-8-16)10-18(12)28-20(23)17(11-25-28)19(29)13-3-2-4-14(9-13)22(31)27-24;2*1-13-5-6-16(22(29)25-17-7-8-17)10-19(13)26-21(23)18(11-24-26)20(28)15-4-2-3-14(9-15)12-27/h2-6,9-12,17H,7-8,24H2,1H3,(H,27,31);2-6,9-11,16H,7-8,23-24H2,1H3,(H,26,30)(H,27,31);2*2-6,9-12,17H,7-8,23H2,1H3,(H,25,29). The number of nitrogens with one attached hydrogen (secondary N) is 5. The zero-order valence-corrected chi connectivity index (χ0v) is 65.9. The lowest BCUT2D eigenvalue weighted by Crippen LogP contribution is -2.30. The summed E-state index contributed by atoms with van der Waals surface area (Å²) in [6, 6.07) is 48.1. The van der Waals surface area contributed by atoms with Crippen LogP contribution in [0.1, 0.15) is 210 Å². The van der Waals surface area contributed by atoms with Gasteiger partial charge in [0.2, 0.25) is 12.3 Å². The third kappa shape index (κ3) is 18.7. The first-order valence-electron chi connectivity index (χ1n) is 38.6. The molecule has 32 nitrogen and oxygen atoms in total. The lowest BCUT2D eigenvalue weighted by molar-refractivity contribution is 0.0942. The Hall–Kier alpha value is -15.7. The average molecular weight is 1620 g/mol. The van der Waals surface area contributed by atoms with Crippen LogP contribution in [0.4, 0.5) is 23.3 Å². The van der Waals surface area contributed by atoms with E-state index in [0.717, 1.165) is 73.6 Å². The normalized spacial score (nSPS) is 13.1. The van der Waals surface area contributed by atoms with E-state index in [1.165, 1.54) is 68.1 Å². The number of aryl methyl sites for hydroxylation is 4. The van der Waals surface area contributed by atoms with Gasteiger partial charge in [0.25, 0.3) is 29.5 Å². The SMILES string of the molecule is Cc1ccc(C(=O)NC2CC2)cc1-n1ncc(C(=O)c2cccc(-c3nnco3)c2)c1N.Cc1ccc(C(=O)NC2CC2)cc1-n1ncc(C(=O)c2cccc(C(=O)NN)c2)c1N.Cc1ccc(C(=O)NC2CC2)cc1-n1ncc(C(=O)c2cccc(C=O)c2)c1N.Cc1ccc(C(=O)NC2CC2)cc1-n1ncc(C(=O)c2cccc(C=O)c2)c1N. The number of hydrogen-bond acceptors (Lipinski definition) is 23. The molecule has 13 aromatic rings. The molecule has 0 aliphatic heterocycles. The van der Waals surface area contributed by atoms with Crippen LogP contribution in [0.25, 0.3) is 34.2 Å². The highest BCUT2D eigenvalue weighted by Crippen LogP contribution is 2.32. The molecule has 0 spiro atoms. The third-order valence-corrected chi connectivity index (χ3v) is 20.5. The van der Waals surface area contributed by atoms with Gasteiger partial charge in [-0.3, -0.25) is 58.2 Å². The van der Waals surface area contributed by atoms with Gasteiger partial charge in [0.15, 0.2) is 23.1 Å². The van der Waals surface area contributed by atoms with Crippen molar-refractivity contribution in [2.75, 3.05) is 22.9 Å². The summed E-state index contributed by atoms with van der Waals surface area (Å²) in [7, 11) is 0. The Morgan fingerprint density at radius 1 is 0.355 bits per heavy atom. The van der Waals surface area contributed by atoms with Crippen molar-refractivity contribution >= 4 is 88.5 Å². The number of aromatic nitrogens is 10. The minimum Gasteiger partial charge on any atom is -0.423 e. The van der Waals surface area contributed by atoms with E-state index in [-0.39, 0.29) is 128 Å². The summed E-state index contributed by atoms with van der Waals surface area (Å²) in [5.74, 6) is 3.80. The van der Waals surface area contributed by atoms with Gasteiger partial charge in [-0.1, -0.05) is 84.9 Å². The van der Waals surface area contributed by atoms with Crippen molar-refractivity contribution in [3.8, 4) is 34.2 Å². The number of nitrogen functional groups attached to an aromatic ring is 5. The largest absolute Gasteiger partial charge is 0.423 e. The van der Waals surface area contributed by atoms with Crippen LogP contribution in [0.3, 0.4) is 0 Å². The summed E-state index contributed by atoms with van der Waals surface area (Å²) in [6.45, 7) is 7.53. The molecule has 4 aliphatic rings. The number of anilines is 4. The maximum Gasteiger partial charge on any atom is 0.265 e. The van der Waals surface area contributed by atoms with E-state index < -0.39 is 5.91 Å². The smallest absolute Gasteiger partial charge is 0.265 e. The molecular formula is C89H82N20O12. The highest BCUT2D eigenvalue weighted by atomic mass is 16.4. The van der Waals surface area contributed by atoms with E-state index in [4.69, 9.17) is 33.2 Å². The number of hydrazine groups is 1. The topological polar surface area (TPSA) is 488 Å². The summed E-state index contributed by atoms with van der Waals surface area (Å²) in [6.07, 6.45) is 16.3. The van der Waals surface area contributed by atoms with E-state index in [2.05, 4.69) is 51.9 Å². The lowest BCUT2D eigenvalue weighted by atomic mass is 10.0. The Labute approximate surface area is 691 Å². The second-order valence-electron chi connectivity index (χ2n) is 29.6. The Morgan fingerprint density at radius 3 is 0.926 bits per heavy atom. The quantitative estimate of drug-likeness (QED) is 0.00884. The minimum atomic E-state index is -0.504. The van der Waals surface area contributed by atoms with Crippen molar-refractivity contribution in [1.82, 2.24) is 76.0 Å². The van der Waals surface area contributed by atoms with Crippen LogP contribution in [0.2, 0.25) is 0 Å². The van der Waals surface area contributed by atoms with Crippen molar-refractivity contribution in [2.24, 2.45) is 5.84 Å². The molecule has 610 valence electrons. The second kappa shape index (κ2) is 35.4. The third-order valence-electron chi connectivity index (χ3n) is 20.5. The van der Waals surface area contributed by atoms with E-state index in [1.807, 2.05) is 57.4 Å². The molecule has 5 heterocycles. The molecule has 15 N–H and O–H groups in total. The Morgan fingerprint density at radius 2 is 0.636 bits per heavy atom. The first-order chi connectivity index (χ1) is 58.3. The van der Waals surface area contributed by atoms with Gasteiger partial charge in [-0.25, -0.2) is 24.6 Å². The van der Waals surface area contributed by atoms with Crippen molar-refractivity contribution in [1.29, 1.82) is 0 Å². The molecule has 4 fully saturated rings. The second-order valence-corrected chi connectivity index (χ2v) is 29.6. The number of hydrogen-bond donors (Lipinski definition) is 10. The van der Waals surface area contributed by atoms with Crippen molar-refractivity contribution < 1.29 is 57.2 Å². The van der Waals surface area contributed by atoms with E-state index >= 15 is 0 Å². The fourth-order valence-corrected chi connectivity index (χ4v) is 12.9. The molecule has 8 aromatic carbocycles. The Bertz CT molecular complexity index is 6100. The molecule has 0 bridgehead atoms. The summed E-state index contributed by atoms with van der Waals surface area (Å²) in [5.41, 5.74) is 39.2. The number of ketones is 4. The van der Waals surface area contributed by atoms with Gasteiger partial charge in [-0.15, -0.1) is 10.2 Å². The van der Waals surface area contributed by atoms with Crippen molar-refractivity contribution in [2.45, 2.75) is 103 Å². The van der Waals surface area contributed by atoms with Crippen LogP contribution in [-0.2, 0) is 0 Å². The summed E-state index contributed by atoms with van der Waals surface area (Å²) in [4.78, 5) is 135. The predicted molar refractivity (Wildman–Crippen MR) is 448 cm³/mol. The zero-order chi connectivity index (χ0) is 85.4. The number of nitrogens with zero attached hydrogens (tertiary/aromatic N) is 10. The molecule has 4 saturated carbocycles. The van der Waals surface area contributed by atoms with Gasteiger partial charge < -0.3 is 48.6 Å². The number of carbonyl (C=O) groups excluding carboxylic acids is 11. The highest BCUT2D eigenvalue weighted by Gasteiger charge is 2.31. The Kier molecular flexibility index (Phi) is 23.9. The molecule has 5 aromatic heterocycles. The molecular weight excluding hydrogens is 1540 g/mol. The maximum absolute atomic E-state index is 13.2. The number of nitrogens with two attached hydrogens (primary N) is 5. The van der Waals surface area contributed by atoms with E-state index in [9.17, 15) is 52.7 Å².